The van der Waals surface area contributed by atoms with Crippen molar-refractivity contribution in [3.63, 3.8) is 0 Å². The van der Waals surface area contributed by atoms with E-state index < -0.39 is 0 Å². The average molecular weight is 378 g/mol. The minimum absolute atomic E-state index is 0.0910. The zero-order valence-corrected chi connectivity index (χ0v) is 16.5. The second kappa shape index (κ2) is 7.70. The highest BCUT2D eigenvalue weighted by Gasteiger charge is 2.30. The molecular weight excluding hydrogens is 352 g/mol. The number of aromatic nitrogens is 2. The van der Waals surface area contributed by atoms with Gasteiger partial charge in [-0.1, -0.05) is 29.8 Å². The van der Waals surface area contributed by atoms with Crippen molar-refractivity contribution in [1.29, 1.82) is 0 Å². The molecule has 3 heterocycles. The smallest absolute Gasteiger partial charge is 0.227 e. The summed E-state index contributed by atoms with van der Waals surface area (Å²) in [6.45, 7) is 6.39. The second-order valence-electron chi connectivity index (χ2n) is 7.88. The van der Waals surface area contributed by atoms with Crippen molar-refractivity contribution in [1.82, 2.24) is 19.8 Å². The van der Waals surface area contributed by atoms with E-state index >= 15 is 0 Å². The van der Waals surface area contributed by atoms with Crippen molar-refractivity contribution in [2.45, 2.75) is 45.6 Å². The van der Waals surface area contributed by atoms with Gasteiger partial charge in [-0.2, -0.15) is 0 Å². The molecule has 1 atom stereocenters. The van der Waals surface area contributed by atoms with Crippen LogP contribution in [0.1, 0.15) is 47.5 Å². The molecule has 0 aliphatic carbocycles. The fourth-order valence-electron chi connectivity index (χ4n) is 4.10. The summed E-state index contributed by atoms with van der Waals surface area (Å²) in [6, 6.07) is 8.12. The van der Waals surface area contributed by atoms with Gasteiger partial charge in [0.15, 0.2) is 0 Å². The number of likely N-dealkylation sites (tertiary alicyclic amines) is 1. The number of amides is 2. The fourth-order valence-corrected chi connectivity index (χ4v) is 4.10. The SMILES string of the molecule is CC(=O)N1CCc2nc([C@@H]3CCN(C(=O)Cc4cccc(C)c4)C3)ncc2C1. The molecule has 1 fully saturated rings. The van der Waals surface area contributed by atoms with Crippen LogP contribution in [0.25, 0.3) is 0 Å². The van der Waals surface area contributed by atoms with Crippen molar-refractivity contribution in [2.24, 2.45) is 0 Å². The standard InChI is InChI=1S/C22H26N4O2/c1-15-4-3-5-17(10-15)11-21(28)26-8-6-18(13-26)22-23-12-19-14-25(16(2)27)9-7-20(19)24-22/h3-5,10,12,18H,6-9,11,13-14H2,1-2H3/t18-/m1/s1. The number of carbonyl (C=O) groups excluding carboxylic acids is 2. The Bertz CT molecular complexity index is 911. The van der Waals surface area contributed by atoms with Crippen LogP contribution in [0.2, 0.25) is 0 Å². The van der Waals surface area contributed by atoms with Crippen molar-refractivity contribution in [2.75, 3.05) is 19.6 Å². The van der Waals surface area contributed by atoms with Gasteiger partial charge in [-0.15, -0.1) is 0 Å². The van der Waals surface area contributed by atoms with Crippen LogP contribution in [-0.2, 0) is 29.0 Å². The molecule has 0 saturated carbocycles. The third kappa shape index (κ3) is 3.91. The Morgan fingerprint density at radius 2 is 2.07 bits per heavy atom. The molecule has 1 aromatic heterocycles. The number of hydrogen-bond donors (Lipinski definition) is 0. The van der Waals surface area contributed by atoms with E-state index in [4.69, 9.17) is 4.98 Å². The van der Waals surface area contributed by atoms with Crippen LogP contribution in [0.15, 0.2) is 30.5 Å². The van der Waals surface area contributed by atoms with Gasteiger partial charge in [-0.25, -0.2) is 9.97 Å². The molecule has 2 aromatic rings. The Morgan fingerprint density at radius 3 is 2.86 bits per heavy atom. The summed E-state index contributed by atoms with van der Waals surface area (Å²) in [5.74, 6) is 1.29. The first-order chi connectivity index (χ1) is 13.5. The van der Waals surface area contributed by atoms with Crippen LogP contribution < -0.4 is 0 Å². The molecule has 2 amide bonds. The Morgan fingerprint density at radius 1 is 1.21 bits per heavy atom. The first-order valence-corrected chi connectivity index (χ1v) is 9.93. The number of benzene rings is 1. The van der Waals surface area contributed by atoms with Gasteiger partial charge in [-0.05, 0) is 18.9 Å². The summed E-state index contributed by atoms with van der Waals surface area (Å²) in [5, 5.41) is 0. The highest BCUT2D eigenvalue weighted by molar-refractivity contribution is 5.79. The summed E-state index contributed by atoms with van der Waals surface area (Å²) in [5.41, 5.74) is 4.33. The monoisotopic (exact) mass is 378 g/mol. The molecule has 0 N–H and O–H groups in total. The molecule has 6 nitrogen and oxygen atoms in total. The van der Waals surface area contributed by atoms with E-state index in [1.54, 1.807) is 6.92 Å². The van der Waals surface area contributed by atoms with Gasteiger partial charge in [0, 0.05) is 57.2 Å². The van der Waals surface area contributed by atoms with Gasteiger partial charge in [-0.3, -0.25) is 9.59 Å². The van der Waals surface area contributed by atoms with E-state index in [2.05, 4.69) is 11.1 Å². The highest BCUT2D eigenvalue weighted by Crippen LogP contribution is 2.27. The van der Waals surface area contributed by atoms with E-state index in [1.165, 1.54) is 5.56 Å². The minimum Gasteiger partial charge on any atom is -0.342 e. The lowest BCUT2D eigenvalue weighted by atomic mass is 10.0. The van der Waals surface area contributed by atoms with Gasteiger partial charge >= 0.3 is 0 Å². The van der Waals surface area contributed by atoms with Crippen LogP contribution in [0, 0.1) is 6.92 Å². The number of hydrogen-bond acceptors (Lipinski definition) is 4. The lowest BCUT2D eigenvalue weighted by molar-refractivity contribution is -0.130. The summed E-state index contributed by atoms with van der Waals surface area (Å²) in [6.07, 6.45) is 3.98. The van der Waals surface area contributed by atoms with Gasteiger partial charge in [0.2, 0.25) is 11.8 Å². The molecule has 28 heavy (non-hydrogen) atoms. The van der Waals surface area contributed by atoms with E-state index in [1.807, 2.05) is 41.1 Å². The predicted octanol–water partition coefficient (Wildman–Crippen LogP) is 2.25. The van der Waals surface area contributed by atoms with E-state index in [-0.39, 0.29) is 17.7 Å². The molecule has 0 unspecified atom stereocenters. The molecule has 4 rings (SSSR count). The number of carbonyl (C=O) groups is 2. The summed E-state index contributed by atoms with van der Waals surface area (Å²) in [4.78, 5) is 37.4. The third-order valence-corrected chi connectivity index (χ3v) is 5.74. The molecule has 2 aliphatic rings. The maximum Gasteiger partial charge on any atom is 0.227 e. The first kappa shape index (κ1) is 18.6. The Kier molecular flexibility index (Phi) is 5.11. The second-order valence-corrected chi connectivity index (χ2v) is 7.88. The van der Waals surface area contributed by atoms with Crippen molar-refractivity contribution >= 4 is 11.8 Å². The highest BCUT2D eigenvalue weighted by atomic mass is 16.2. The number of nitrogens with zero attached hydrogens (tertiary/aromatic N) is 4. The lowest BCUT2D eigenvalue weighted by Gasteiger charge is -2.27. The first-order valence-electron chi connectivity index (χ1n) is 9.93. The quantitative estimate of drug-likeness (QED) is 0.822. The van der Waals surface area contributed by atoms with Crippen LogP contribution >= 0.6 is 0 Å². The topological polar surface area (TPSA) is 66.4 Å². The molecular formula is C22H26N4O2. The van der Waals surface area contributed by atoms with Crippen LogP contribution in [0.5, 0.6) is 0 Å². The van der Waals surface area contributed by atoms with Crippen molar-refractivity contribution < 1.29 is 9.59 Å². The van der Waals surface area contributed by atoms with E-state index in [9.17, 15) is 9.59 Å². The third-order valence-electron chi connectivity index (χ3n) is 5.74. The zero-order valence-electron chi connectivity index (χ0n) is 16.5. The molecule has 1 aromatic carbocycles. The molecule has 146 valence electrons. The van der Waals surface area contributed by atoms with Crippen LogP contribution in [0.4, 0.5) is 0 Å². The normalized spacial score (nSPS) is 18.9. The lowest BCUT2D eigenvalue weighted by Crippen LogP contribution is -2.35. The zero-order chi connectivity index (χ0) is 19.7. The fraction of sp³-hybridized carbons (Fsp3) is 0.455. The predicted molar refractivity (Wildman–Crippen MR) is 106 cm³/mol. The largest absolute Gasteiger partial charge is 0.342 e. The average Bonchev–Trinajstić information content (AvgIpc) is 3.17. The summed E-state index contributed by atoms with van der Waals surface area (Å²) >= 11 is 0. The number of aryl methyl sites for hydroxylation is 1. The molecule has 0 radical (unpaired) electrons. The Balaban J connectivity index is 1.40. The molecule has 0 bridgehead atoms. The van der Waals surface area contributed by atoms with E-state index in [0.717, 1.165) is 42.0 Å². The van der Waals surface area contributed by atoms with Crippen LogP contribution in [0.3, 0.4) is 0 Å². The number of fused-ring (bicyclic) bond motifs is 1. The van der Waals surface area contributed by atoms with Crippen molar-refractivity contribution in [3.8, 4) is 0 Å². The van der Waals surface area contributed by atoms with Crippen LogP contribution in [-0.4, -0.2) is 51.2 Å². The van der Waals surface area contributed by atoms with Gasteiger partial charge < -0.3 is 9.80 Å². The minimum atomic E-state index is 0.0910. The Labute approximate surface area is 165 Å². The molecule has 6 heteroatoms. The van der Waals surface area contributed by atoms with E-state index in [0.29, 0.717) is 26.1 Å². The maximum atomic E-state index is 12.7. The Hall–Kier alpha value is -2.76. The van der Waals surface area contributed by atoms with Gasteiger partial charge in [0.1, 0.15) is 5.82 Å². The maximum absolute atomic E-state index is 12.7. The summed E-state index contributed by atoms with van der Waals surface area (Å²) < 4.78 is 0. The molecule has 2 aliphatic heterocycles. The van der Waals surface area contributed by atoms with Gasteiger partial charge in [0.05, 0.1) is 12.1 Å². The number of rotatable bonds is 3. The van der Waals surface area contributed by atoms with Crippen molar-refractivity contribution in [3.05, 3.63) is 58.7 Å². The molecule has 1 saturated heterocycles. The molecule has 0 spiro atoms. The van der Waals surface area contributed by atoms with Gasteiger partial charge in [0.25, 0.3) is 0 Å². The summed E-state index contributed by atoms with van der Waals surface area (Å²) in [7, 11) is 0.